The molecule has 3 aromatic carbocycles. The fourth-order valence-corrected chi connectivity index (χ4v) is 5.70. The van der Waals surface area contributed by atoms with Crippen molar-refractivity contribution in [3.05, 3.63) is 95.4 Å². The lowest BCUT2D eigenvalue weighted by atomic mass is 9.97. The third kappa shape index (κ3) is 5.12. The molecule has 38 heavy (non-hydrogen) atoms. The van der Waals surface area contributed by atoms with E-state index >= 15 is 0 Å². The predicted octanol–water partition coefficient (Wildman–Crippen LogP) is 7.05. The molecule has 2 aromatic heterocycles. The van der Waals surface area contributed by atoms with Gasteiger partial charge in [0.25, 0.3) is 0 Å². The van der Waals surface area contributed by atoms with Gasteiger partial charge in [-0.3, -0.25) is 4.98 Å². The number of aromatic nitrogens is 2. The van der Waals surface area contributed by atoms with Gasteiger partial charge in [0.2, 0.25) is 0 Å². The van der Waals surface area contributed by atoms with Gasteiger partial charge in [0.1, 0.15) is 5.82 Å². The van der Waals surface area contributed by atoms with Crippen LogP contribution in [0.4, 0.5) is 15.8 Å². The van der Waals surface area contributed by atoms with Crippen LogP contribution in [0.3, 0.4) is 0 Å². The summed E-state index contributed by atoms with van der Waals surface area (Å²) in [7, 11) is 0. The van der Waals surface area contributed by atoms with Crippen LogP contribution in [0.5, 0.6) is 0 Å². The van der Waals surface area contributed by atoms with Crippen molar-refractivity contribution in [3.63, 3.8) is 0 Å². The van der Waals surface area contributed by atoms with Gasteiger partial charge in [-0.1, -0.05) is 18.2 Å². The number of hydrogen-bond acceptors (Lipinski definition) is 6. The van der Waals surface area contributed by atoms with Gasteiger partial charge in [-0.15, -0.1) is 11.3 Å². The van der Waals surface area contributed by atoms with Crippen molar-refractivity contribution in [1.82, 2.24) is 9.97 Å². The van der Waals surface area contributed by atoms with E-state index in [1.165, 1.54) is 17.3 Å². The zero-order valence-corrected chi connectivity index (χ0v) is 22.0. The molecule has 0 radical (unpaired) electrons. The van der Waals surface area contributed by atoms with E-state index in [-0.39, 0.29) is 11.9 Å². The first-order valence-corrected chi connectivity index (χ1v) is 13.8. The summed E-state index contributed by atoms with van der Waals surface area (Å²) in [6.07, 6.45) is 3.32. The number of hydrogen-bond donors (Lipinski definition) is 2. The molecule has 0 atom stereocenters. The lowest BCUT2D eigenvalue weighted by Gasteiger charge is -2.31. The molecule has 0 aliphatic carbocycles. The van der Waals surface area contributed by atoms with Crippen LogP contribution in [0.25, 0.3) is 32.6 Å². The summed E-state index contributed by atoms with van der Waals surface area (Å²) in [5, 5.41) is 13.3. The zero-order valence-electron chi connectivity index (χ0n) is 21.2. The lowest BCUT2D eigenvalue weighted by Crippen LogP contribution is -2.35. The van der Waals surface area contributed by atoms with Gasteiger partial charge in [-0.2, -0.15) is 0 Å². The maximum atomic E-state index is 14.0. The van der Waals surface area contributed by atoms with Crippen LogP contribution in [-0.4, -0.2) is 34.3 Å². The second-order valence-corrected chi connectivity index (χ2v) is 10.7. The van der Waals surface area contributed by atoms with Gasteiger partial charge in [-0.05, 0) is 85.0 Å². The van der Waals surface area contributed by atoms with Gasteiger partial charge in [0.05, 0.1) is 39.4 Å². The van der Waals surface area contributed by atoms with Crippen molar-refractivity contribution in [2.24, 2.45) is 0 Å². The Morgan fingerprint density at radius 3 is 2.55 bits per heavy atom. The Balaban J connectivity index is 1.27. The Labute approximate surface area is 225 Å². The van der Waals surface area contributed by atoms with Crippen LogP contribution < -0.4 is 10.2 Å². The second-order valence-electron chi connectivity index (χ2n) is 9.86. The number of piperidine rings is 1. The van der Waals surface area contributed by atoms with Crippen molar-refractivity contribution in [2.75, 3.05) is 23.3 Å². The van der Waals surface area contributed by atoms with E-state index in [0.29, 0.717) is 12.1 Å². The van der Waals surface area contributed by atoms with Gasteiger partial charge < -0.3 is 15.3 Å². The zero-order chi connectivity index (χ0) is 26.1. The number of aryl methyl sites for hydroxylation is 1. The molecule has 0 spiro atoms. The number of aliphatic hydroxyl groups excluding tert-OH is 1. The van der Waals surface area contributed by atoms with Crippen molar-refractivity contribution in [3.8, 4) is 22.4 Å². The van der Waals surface area contributed by atoms with E-state index in [0.717, 1.165) is 64.2 Å². The molecule has 0 unspecified atom stereocenters. The number of thiazole rings is 1. The molecule has 192 valence electrons. The monoisotopic (exact) mass is 524 g/mol. The maximum Gasteiger partial charge on any atom is 0.126 e. The summed E-state index contributed by atoms with van der Waals surface area (Å²) in [6, 6.07) is 22.1. The Morgan fingerprint density at radius 1 is 0.974 bits per heavy atom. The Morgan fingerprint density at radius 2 is 1.76 bits per heavy atom. The highest BCUT2D eigenvalue weighted by Crippen LogP contribution is 2.35. The molecule has 0 amide bonds. The molecule has 6 rings (SSSR count). The molecule has 1 fully saturated rings. The van der Waals surface area contributed by atoms with E-state index in [1.807, 2.05) is 23.8 Å². The minimum atomic E-state index is -0.219. The summed E-state index contributed by atoms with van der Waals surface area (Å²) in [4.78, 5) is 11.6. The first-order chi connectivity index (χ1) is 18.5. The molecular weight excluding hydrogens is 495 g/mol. The molecule has 0 bridgehead atoms. The highest BCUT2D eigenvalue weighted by molar-refractivity contribution is 7.16. The molecule has 0 saturated carbocycles. The van der Waals surface area contributed by atoms with E-state index in [2.05, 4.69) is 57.7 Å². The van der Waals surface area contributed by atoms with E-state index < -0.39 is 0 Å². The molecule has 1 saturated heterocycles. The van der Waals surface area contributed by atoms with E-state index in [9.17, 15) is 9.50 Å². The van der Waals surface area contributed by atoms with Crippen LogP contribution in [-0.2, 0) is 6.54 Å². The predicted molar refractivity (Wildman–Crippen MR) is 154 cm³/mol. The molecule has 3 heterocycles. The number of nitrogens with one attached hydrogen (secondary N) is 1. The highest BCUT2D eigenvalue weighted by Gasteiger charge is 2.17. The van der Waals surface area contributed by atoms with Crippen molar-refractivity contribution < 1.29 is 9.50 Å². The van der Waals surface area contributed by atoms with Crippen molar-refractivity contribution in [1.29, 1.82) is 0 Å². The number of nitrogens with zero attached hydrogens (tertiary/aromatic N) is 3. The minimum Gasteiger partial charge on any atom is -0.393 e. The summed E-state index contributed by atoms with van der Waals surface area (Å²) in [5.41, 5.74) is 10.5. The molecular formula is C31H29FN4OS. The van der Waals surface area contributed by atoms with E-state index in [1.54, 1.807) is 24.3 Å². The van der Waals surface area contributed by atoms with Crippen LogP contribution in [0.2, 0.25) is 0 Å². The summed E-state index contributed by atoms with van der Waals surface area (Å²) < 4.78 is 15.1. The SMILES string of the molecule is Cc1cc(-c2ncc(NCc3ccc(N4CCC(O)CC4)cc3)cc2-c2ccc3ncsc3c2)ccc1F. The van der Waals surface area contributed by atoms with Crippen LogP contribution in [0.1, 0.15) is 24.0 Å². The van der Waals surface area contributed by atoms with Gasteiger partial charge >= 0.3 is 0 Å². The van der Waals surface area contributed by atoms with Crippen molar-refractivity contribution in [2.45, 2.75) is 32.4 Å². The van der Waals surface area contributed by atoms with Crippen LogP contribution in [0, 0.1) is 12.7 Å². The Bertz CT molecular complexity index is 1580. The third-order valence-corrected chi connectivity index (χ3v) is 8.02. The van der Waals surface area contributed by atoms with Gasteiger partial charge in [0.15, 0.2) is 0 Å². The molecule has 1 aliphatic heterocycles. The number of rotatable bonds is 6. The molecule has 2 N–H and O–H groups in total. The van der Waals surface area contributed by atoms with E-state index in [4.69, 9.17) is 4.98 Å². The van der Waals surface area contributed by atoms with Gasteiger partial charge in [-0.25, -0.2) is 9.37 Å². The Kier molecular flexibility index (Phi) is 6.79. The average Bonchev–Trinajstić information content (AvgIpc) is 3.42. The Hall–Kier alpha value is -3.81. The highest BCUT2D eigenvalue weighted by atomic mass is 32.1. The summed E-state index contributed by atoms with van der Waals surface area (Å²) >= 11 is 1.61. The maximum absolute atomic E-state index is 14.0. The van der Waals surface area contributed by atoms with Crippen LogP contribution in [0.15, 0.2) is 78.4 Å². The largest absolute Gasteiger partial charge is 0.393 e. The second kappa shape index (κ2) is 10.5. The number of halogens is 1. The number of anilines is 2. The topological polar surface area (TPSA) is 61.3 Å². The number of pyridine rings is 1. The lowest BCUT2D eigenvalue weighted by molar-refractivity contribution is 0.145. The molecule has 7 heteroatoms. The summed E-state index contributed by atoms with van der Waals surface area (Å²) in [5.74, 6) is -0.219. The quantitative estimate of drug-likeness (QED) is 0.249. The summed E-state index contributed by atoms with van der Waals surface area (Å²) in [6.45, 7) is 4.22. The third-order valence-electron chi connectivity index (χ3n) is 7.22. The number of fused-ring (bicyclic) bond motifs is 1. The van der Waals surface area contributed by atoms with Crippen molar-refractivity contribution >= 4 is 32.9 Å². The minimum absolute atomic E-state index is 0.171. The standard InChI is InChI=1S/C31H29FN4OS/c1-20-14-23(4-8-28(20)32)31-27(22-5-9-29-30(15-22)38-19-35-29)16-24(18-34-31)33-17-21-2-6-25(7-3-21)36-12-10-26(37)11-13-36/h2-9,14-16,18-19,26,33,37H,10-13,17H2,1H3. The molecule has 5 aromatic rings. The fraction of sp³-hybridized carbons (Fsp3) is 0.226. The van der Waals surface area contributed by atoms with Gasteiger partial charge in [0, 0.05) is 36.4 Å². The molecule has 1 aliphatic rings. The average molecular weight is 525 g/mol. The fourth-order valence-electron chi connectivity index (χ4n) is 4.98. The smallest absolute Gasteiger partial charge is 0.126 e. The number of benzene rings is 3. The van der Waals surface area contributed by atoms with Crippen LogP contribution >= 0.6 is 11.3 Å². The first-order valence-electron chi connectivity index (χ1n) is 12.9. The molecule has 5 nitrogen and oxygen atoms in total. The number of aliphatic hydroxyl groups is 1. The first kappa shape index (κ1) is 24.5. The normalized spacial score (nSPS) is 14.2.